The summed E-state index contributed by atoms with van der Waals surface area (Å²) >= 11 is 0. The largest absolute Gasteiger partial charge is 0.417 e. The average Bonchev–Trinajstić information content (AvgIpc) is 3.26. The predicted octanol–water partition coefficient (Wildman–Crippen LogP) is 4.98. The first-order chi connectivity index (χ1) is 14.8. The van der Waals surface area contributed by atoms with Gasteiger partial charge in [-0.2, -0.15) is 0 Å². The molecule has 0 saturated carbocycles. The Kier molecular flexibility index (Phi) is 2.91. The third kappa shape index (κ3) is 1.72. The first-order valence-electron chi connectivity index (χ1n) is 10.5. The monoisotopic (exact) mass is 384 g/mol. The van der Waals surface area contributed by atoms with Gasteiger partial charge in [-0.05, 0) is 48.7 Å². The van der Waals surface area contributed by atoms with Gasteiger partial charge in [0.2, 0.25) is 11.4 Å². The highest BCUT2D eigenvalue weighted by atomic mass is 15.3. The summed E-state index contributed by atoms with van der Waals surface area (Å²) in [5, 5.41) is 2.57. The van der Waals surface area contributed by atoms with Crippen molar-refractivity contribution in [2.24, 2.45) is 0 Å². The quantitative estimate of drug-likeness (QED) is 0.326. The summed E-state index contributed by atoms with van der Waals surface area (Å²) in [6, 6.07) is 33.2. The molecule has 140 valence electrons. The van der Waals surface area contributed by atoms with Gasteiger partial charge < -0.3 is 0 Å². The number of hydrogen-bond donors (Lipinski definition) is 0. The number of pyridine rings is 2. The van der Waals surface area contributed by atoms with Crippen molar-refractivity contribution in [1.82, 2.24) is 0 Å². The summed E-state index contributed by atoms with van der Waals surface area (Å²) in [4.78, 5) is 0. The fourth-order valence-electron chi connectivity index (χ4n) is 5.64. The number of rotatable bonds is 0. The highest BCUT2D eigenvalue weighted by molar-refractivity contribution is 5.95. The van der Waals surface area contributed by atoms with Crippen LogP contribution in [-0.2, 0) is 5.66 Å². The van der Waals surface area contributed by atoms with E-state index in [-0.39, 0.29) is 0 Å². The summed E-state index contributed by atoms with van der Waals surface area (Å²) in [5.41, 5.74) is 8.70. The van der Waals surface area contributed by atoms with E-state index in [4.69, 9.17) is 0 Å². The molecule has 0 fully saturated rings. The number of aryl methyl sites for hydroxylation is 1. The normalized spacial score (nSPS) is 17.6. The van der Waals surface area contributed by atoms with Crippen molar-refractivity contribution in [3.05, 3.63) is 120 Å². The summed E-state index contributed by atoms with van der Waals surface area (Å²) in [6.45, 7) is 2.18. The lowest BCUT2D eigenvalue weighted by Crippen LogP contribution is -2.71. The van der Waals surface area contributed by atoms with E-state index in [1.54, 1.807) is 0 Å². The minimum absolute atomic E-state index is 0.409. The minimum atomic E-state index is -0.409. The molecule has 2 aliphatic heterocycles. The van der Waals surface area contributed by atoms with Crippen LogP contribution in [0.15, 0.2) is 103 Å². The number of benzene rings is 3. The number of aromatic nitrogens is 2. The van der Waals surface area contributed by atoms with Crippen LogP contribution in [0.25, 0.3) is 33.3 Å². The molecule has 0 N–H and O–H groups in total. The van der Waals surface area contributed by atoms with Crippen molar-refractivity contribution in [2.75, 3.05) is 0 Å². The second-order valence-electron chi connectivity index (χ2n) is 8.35. The molecule has 1 atom stereocenters. The fraction of sp³-hybridized carbons (Fsp3) is 0.0714. The SMILES string of the molecule is Cc1ccc2[n+](c1)C1(c3ccccc3-2)c2ccccc2-c2c3ccccc3cc[n+]21. The van der Waals surface area contributed by atoms with Crippen LogP contribution in [0, 0.1) is 6.92 Å². The third-order valence-corrected chi connectivity index (χ3v) is 6.79. The zero-order valence-corrected chi connectivity index (χ0v) is 16.7. The standard InChI is InChI=1S/C28H20N2/c1-19-14-15-26-22-10-4-6-12-24(22)28(30(26)18-19)25-13-7-5-11-23(25)27-21-9-3-2-8-20(21)16-17-29(27)28/h2-18H,1H3/q+2. The first kappa shape index (κ1) is 16.1. The Morgan fingerprint density at radius 3 is 2.20 bits per heavy atom. The second kappa shape index (κ2) is 5.43. The lowest BCUT2D eigenvalue weighted by molar-refractivity contribution is -0.954. The van der Waals surface area contributed by atoms with Gasteiger partial charge in [0.15, 0.2) is 12.4 Å². The second-order valence-corrected chi connectivity index (χ2v) is 8.35. The molecule has 0 bridgehead atoms. The zero-order chi connectivity index (χ0) is 19.9. The molecule has 3 aromatic carbocycles. The van der Waals surface area contributed by atoms with E-state index in [1.165, 1.54) is 50.0 Å². The van der Waals surface area contributed by atoms with Gasteiger partial charge in [-0.15, -0.1) is 9.13 Å². The van der Waals surface area contributed by atoms with Crippen molar-refractivity contribution in [1.29, 1.82) is 0 Å². The fourth-order valence-corrected chi connectivity index (χ4v) is 5.64. The molecule has 30 heavy (non-hydrogen) atoms. The Morgan fingerprint density at radius 1 is 0.633 bits per heavy atom. The number of nitrogens with zero attached hydrogens (tertiary/aromatic N) is 2. The lowest BCUT2D eigenvalue weighted by Gasteiger charge is -2.17. The maximum absolute atomic E-state index is 2.49. The molecule has 1 spiro atoms. The van der Waals surface area contributed by atoms with Gasteiger partial charge in [0.25, 0.3) is 0 Å². The van der Waals surface area contributed by atoms with Crippen molar-refractivity contribution in [2.45, 2.75) is 12.6 Å². The van der Waals surface area contributed by atoms with Crippen molar-refractivity contribution in [3.63, 3.8) is 0 Å². The van der Waals surface area contributed by atoms with E-state index in [1.807, 2.05) is 0 Å². The van der Waals surface area contributed by atoms with E-state index in [0.717, 1.165) is 0 Å². The van der Waals surface area contributed by atoms with Crippen LogP contribution < -0.4 is 9.13 Å². The first-order valence-corrected chi connectivity index (χ1v) is 10.5. The van der Waals surface area contributed by atoms with E-state index in [0.29, 0.717) is 0 Å². The van der Waals surface area contributed by atoms with Crippen LogP contribution in [0.5, 0.6) is 0 Å². The van der Waals surface area contributed by atoms with Gasteiger partial charge in [0.05, 0.1) is 16.5 Å². The summed E-state index contributed by atoms with van der Waals surface area (Å²) < 4.78 is 4.98. The molecule has 2 heteroatoms. The van der Waals surface area contributed by atoms with Gasteiger partial charge in [-0.25, -0.2) is 0 Å². The highest BCUT2D eigenvalue weighted by Gasteiger charge is 2.66. The van der Waals surface area contributed by atoms with Crippen LogP contribution in [0.4, 0.5) is 0 Å². The predicted molar refractivity (Wildman–Crippen MR) is 118 cm³/mol. The average molecular weight is 384 g/mol. The van der Waals surface area contributed by atoms with Gasteiger partial charge in [0.1, 0.15) is 11.1 Å². The van der Waals surface area contributed by atoms with Gasteiger partial charge in [-0.3, -0.25) is 0 Å². The van der Waals surface area contributed by atoms with Crippen LogP contribution in [0.2, 0.25) is 0 Å². The Balaban J connectivity index is 1.75. The van der Waals surface area contributed by atoms with E-state index >= 15 is 0 Å². The Bertz CT molecular complexity index is 1510. The van der Waals surface area contributed by atoms with Crippen LogP contribution in [0.1, 0.15) is 16.7 Å². The van der Waals surface area contributed by atoms with Crippen molar-refractivity contribution >= 4 is 10.8 Å². The Morgan fingerprint density at radius 2 is 1.33 bits per heavy atom. The minimum Gasteiger partial charge on any atom is -0.125 e. The number of fused-ring (bicyclic) bond motifs is 12. The van der Waals surface area contributed by atoms with E-state index < -0.39 is 5.66 Å². The Labute approximate surface area is 175 Å². The molecule has 2 nitrogen and oxygen atoms in total. The Hall–Kier alpha value is -3.78. The van der Waals surface area contributed by atoms with Crippen LogP contribution in [-0.4, -0.2) is 0 Å². The molecule has 0 aliphatic carbocycles. The van der Waals surface area contributed by atoms with Crippen LogP contribution >= 0.6 is 0 Å². The summed E-state index contributed by atoms with van der Waals surface area (Å²) in [7, 11) is 0. The molecular formula is C28H20N2+2. The molecule has 0 saturated heterocycles. The molecule has 1 unspecified atom stereocenters. The molecule has 0 amide bonds. The topological polar surface area (TPSA) is 7.76 Å². The molecule has 7 rings (SSSR count). The third-order valence-electron chi connectivity index (χ3n) is 6.79. The van der Waals surface area contributed by atoms with Crippen molar-refractivity contribution in [3.8, 4) is 22.5 Å². The zero-order valence-electron chi connectivity index (χ0n) is 16.7. The van der Waals surface area contributed by atoms with E-state index in [9.17, 15) is 0 Å². The highest BCUT2D eigenvalue weighted by Crippen LogP contribution is 2.47. The molecule has 2 aliphatic rings. The van der Waals surface area contributed by atoms with E-state index in [2.05, 4.69) is 119 Å². The molecule has 2 aromatic heterocycles. The molecule has 5 aromatic rings. The summed E-state index contributed by atoms with van der Waals surface area (Å²) in [6.07, 6.45) is 4.59. The maximum Gasteiger partial charge on any atom is 0.417 e. The van der Waals surface area contributed by atoms with Gasteiger partial charge in [-0.1, -0.05) is 42.5 Å². The van der Waals surface area contributed by atoms with Crippen LogP contribution in [0.3, 0.4) is 0 Å². The molecule has 4 heterocycles. The van der Waals surface area contributed by atoms with Gasteiger partial charge in [0, 0.05) is 17.7 Å². The number of hydrogen-bond acceptors (Lipinski definition) is 0. The molecular weight excluding hydrogens is 364 g/mol. The summed E-state index contributed by atoms with van der Waals surface area (Å²) in [5.74, 6) is 0. The van der Waals surface area contributed by atoms with Gasteiger partial charge >= 0.3 is 5.66 Å². The van der Waals surface area contributed by atoms with Crippen molar-refractivity contribution < 1.29 is 9.13 Å². The molecule has 0 radical (unpaired) electrons. The smallest absolute Gasteiger partial charge is 0.125 e. The lowest BCUT2D eigenvalue weighted by atomic mass is 9.90. The maximum atomic E-state index is 2.49.